The van der Waals surface area contributed by atoms with Gasteiger partial charge in [-0.05, 0) is 17.3 Å². The third-order valence-corrected chi connectivity index (χ3v) is 2.07. The molecule has 0 aliphatic rings. The molecular formula is C11H18N2. The first-order valence-electron chi connectivity index (χ1n) is 4.57. The van der Waals surface area contributed by atoms with Crippen molar-refractivity contribution in [3.8, 4) is 12.1 Å². The molecule has 0 radical (unpaired) electrons. The zero-order valence-electron chi connectivity index (χ0n) is 9.02. The van der Waals surface area contributed by atoms with E-state index < -0.39 is 0 Å². The molecule has 2 heteroatoms. The maximum Gasteiger partial charge on any atom is 0.0627 e. The van der Waals surface area contributed by atoms with Crippen LogP contribution >= 0.6 is 0 Å². The summed E-state index contributed by atoms with van der Waals surface area (Å²) in [6.07, 6.45) is 2.03. The van der Waals surface area contributed by atoms with Crippen molar-refractivity contribution >= 4 is 0 Å². The molecule has 0 unspecified atom stereocenters. The van der Waals surface area contributed by atoms with Gasteiger partial charge in [-0.15, -0.1) is 0 Å². The molecule has 0 bridgehead atoms. The van der Waals surface area contributed by atoms with Gasteiger partial charge in [0.25, 0.3) is 0 Å². The monoisotopic (exact) mass is 178 g/mol. The fraction of sp³-hybridized carbons (Fsp3) is 0.818. The lowest BCUT2D eigenvalue weighted by Gasteiger charge is -2.31. The van der Waals surface area contributed by atoms with E-state index >= 15 is 0 Å². The molecule has 0 N–H and O–H groups in total. The van der Waals surface area contributed by atoms with Crippen molar-refractivity contribution in [1.82, 2.24) is 0 Å². The van der Waals surface area contributed by atoms with E-state index in [1.807, 2.05) is 0 Å². The van der Waals surface area contributed by atoms with Gasteiger partial charge in [0, 0.05) is 12.8 Å². The topological polar surface area (TPSA) is 47.6 Å². The predicted octanol–water partition coefficient (Wildman–Crippen LogP) is 3.26. The largest absolute Gasteiger partial charge is 0.198 e. The van der Waals surface area contributed by atoms with E-state index in [0.717, 1.165) is 6.42 Å². The van der Waals surface area contributed by atoms with Crippen LogP contribution in [0.25, 0.3) is 0 Å². The van der Waals surface area contributed by atoms with Crippen molar-refractivity contribution in [2.45, 2.75) is 47.0 Å². The summed E-state index contributed by atoms with van der Waals surface area (Å²) >= 11 is 0. The van der Waals surface area contributed by atoms with E-state index in [0.29, 0.717) is 12.8 Å². The molecule has 0 spiro atoms. The highest BCUT2D eigenvalue weighted by molar-refractivity contribution is 4.90. The Morgan fingerprint density at radius 2 is 1.15 bits per heavy atom. The van der Waals surface area contributed by atoms with E-state index in [1.165, 1.54) is 0 Å². The fourth-order valence-corrected chi connectivity index (χ4v) is 1.85. The van der Waals surface area contributed by atoms with Crippen LogP contribution in [0.1, 0.15) is 47.0 Å². The summed E-state index contributed by atoms with van der Waals surface area (Å²) in [7, 11) is 0. The molecule has 0 amide bonds. The zero-order chi connectivity index (χ0) is 10.5. The highest BCUT2D eigenvalue weighted by Gasteiger charge is 2.28. The summed E-state index contributed by atoms with van der Waals surface area (Å²) in [6.45, 7) is 8.31. The number of nitriles is 2. The number of hydrogen-bond donors (Lipinski definition) is 0. The number of nitrogens with zero attached hydrogens (tertiary/aromatic N) is 2. The smallest absolute Gasteiger partial charge is 0.0627 e. The van der Waals surface area contributed by atoms with Gasteiger partial charge in [-0.3, -0.25) is 0 Å². The highest BCUT2D eigenvalue weighted by atomic mass is 14.4. The Morgan fingerprint density at radius 1 is 0.846 bits per heavy atom. The normalized spacial score (nSPS) is 11.8. The van der Waals surface area contributed by atoms with Crippen LogP contribution < -0.4 is 0 Å². The second kappa shape index (κ2) is 4.28. The highest BCUT2D eigenvalue weighted by Crippen LogP contribution is 2.37. The zero-order valence-corrected chi connectivity index (χ0v) is 9.02. The molecule has 0 aliphatic heterocycles. The molecule has 2 nitrogen and oxygen atoms in total. The Labute approximate surface area is 81.2 Å². The lowest BCUT2D eigenvalue weighted by atomic mass is 9.72. The maximum atomic E-state index is 8.61. The second-order valence-electron chi connectivity index (χ2n) is 5.17. The van der Waals surface area contributed by atoms with Crippen molar-refractivity contribution in [3.63, 3.8) is 0 Å². The van der Waals surface area contributed by atoms with Gasteiger partial charge in [0.15, 0.2) is 0 Å². The number of rotatable bonds is 4. The third kappa shape index (κ3) is 5.26. The molecule has 0 heterocycles. The standard InChI is InChI=1S/C11H18N2/c1-10(2,5-7-12)9-11(3,4)6-8-13/h5-6,9H2,1-4H3. The lowest BCUT2D eigenvalue weighted by Crippen LogP contribution is -2.22. The van der Waals surface area contributed by atoms with E-state index in [2.05, 4.69) is 39.8 Å². The van der Waals surface area contributed by atoms with Gasteiger partial charge in [-0.1, -0.05) is 27.7 Å². The van der Waals surface area contributed by atoms with Gasteiger partial charge in [-0.2, -0.15) is 10.5 Å². The van der Waals surface area contributed by atoms with E-state index in [9.17, 15) is 0 Å². The van der Waals surface area contributed by atoms with Crippen LogP contribution in [0.5, 0.6) is 0 Å². The first-order chi connectivity index (χ1) is 5.83. The maximum absolute atomic E-state index is 8.61. The Morgan fingerprint density at radius 3 is 1.38 bits per heavy atom. The lowest BCUT2D eigenvalue weighted by molar-refractivity contribution is 0.202. The fourth-order valence-electron chi connectivity index (χ4n) is 1.85. The third-order valence-electron chi connectivity index (χ3n) is 2.07. The van der Waals surface area contributed by atoms with Crippen LogP contribution in [0.3, 0.4) is 0 Å². The predicted molar refractivity (Wildman–Crippen MR) is 52.6 cm³/mol. The molecule has 0 rings (SSSR count). The van der Waals surface area contributed by atoms with Crippen LogP contribution in [-0.2, 0) is 0 Å². The molecule has 0 saturated heterocycles. The average molecular weight is 178 g/mol. The first kappa shape index (κ1) is 12.0. The second-order valence-corrected chi connectivity index (χ2v) is 5.17. The molecule has 0 aromatic heterocycles. The van der Waals surface area contributed by atoms with E-state index in [-0.39, 0.29) is 10.8 Å². The summed E-state index contributed by atoms with van der Waals surface area (Å²) in [5, 5.41) is 17.2. The summed E-state index contributed by atoms with van der Waals surface area (Å²) in [6, 6.07) is 4.38. The molecule has 0 aromatic rings. The van der Waals surface area contributed by atoms with Crippen LogP contribution in [0.15, 0.2) is 0 Å². The van der Waals surface area contributed by atoms with Crippen molar-refractivity contribution in [3.05, 3.63) is 0 Å². The quantitative estimate of drug-likeness (QED) is 0.663. The van der Waals surface area contributed by atoms with Crippen molar-refractivity contribution in [2.24, 2.45) is 10.8 Å². The van der Waals surface area contributed by atoms with Crippen LogP contribution in [-0.4, -0.2) is 0 Å². The molecule has 72 valence electrons. The summed E-state index contributed by atoms with van der Waals surface area (Å²) in [4.78, 5) is 0. The average Bonchev–Trinajstić information content (AvgIpc) is 1.82. The van der Waals surface area contributed by atoms with Gasteiger partial charge in [0.2, 0.25) is 0 Å². The molecule has 0 fully saturated rings. The van der Waals surface area contributed by atoms with Gasteiger partial charge in [-0.25, -0.2) is 0 Å². The molecule has 13 heavy (non-hydrogen) atoms. The van der Waals surface area contributed by atoms with Gasteiger partial charge in [0.05, 0.1) is 12.1 Å². The van der Waals surface area contributed by atoms with Gasteiger partial charge < -0.3 is 0 Å². The Balaban J connectivity index is 4.27. The molecule has 0 aromatic carbocycles. The number of hydrogen-bond acceptors (Lipinski definition) is 2. The Kier molecular flexibility index (Phi) is 3.95. The SMILES string of the molecule is CC(C)(CC#N)CC(C)(C)CC#N. The summed E-state index contributed by atoms with van der Waals surface area (Å²) in [5.41, 5.74) is 0.0458. The van der Waals surface area contributed by atoms with Crippen molar-refractivity contribution in [2.75, 3.05) is 0 Å². The Bertz CT molecular complexity index is 212. The molecule has 0 aliphatic carbocycles. The minimum atomic E-state index is 0.0229. The van der Waals surface area contributed by atoms with Crippen molar-refractivity contribution in [1.29, 1.82) is 10.5 Å². The molecule has 0 saturated carbocycles. The molecular weight excluding hydrogens is 160 g/mol. The summed E-state index contributed by atoms with van der Waals surface area (Å²) in [5.74, 6) is 0. The van der Waals surface area contributed by atoms with Gasteiger partial charge >= 0.3 is 0 Å². The summed E-state index contributed by atoms with van der Waals surface area (Å²) < 4.78 is 0. The van der Waals surface area contributed by atoms with Crippen LogP contribution in [0.4, 0.5) is 0 Å². The van der Waals surface area contributed by atoms with Crippen LogP contribution in [0.2, 0.25) is 0 Å². The van der Waals surface area contributed by atoms with Crippen LogP contribution in [0, 0.1) is 33.5 Å². The minimum Gasteiger partial charge on any atom is -0.198 e. The van der Waals surface area contributed by atoms with Gasteiger partial charge in [0.1, 0.15) is 0 Å². The van der Waals surface area contributed by atoms with E-state index in [1.54, 1.807) is 0 Å². The van der Waals surface area contributed by atoms with Crippen molar-refractivity contribution < 1.29 is 0 Å². The first-order valence-corrected chi connectivity index (χ1v) is 4.57. The molecule has 0 atom stereocenters. The van der Waals surface area contributed by atoms with E-state index in [4.69, 9.17) is 10.5 Å². The Hall–Kier alpha value is -1.02. The minimum absolute atomic E-state index is 0.0229.